The number of aromatic amines is 1. The third-order valence-electron chi connectivity index (χ3n) is 3.26. The summed E-state index contributed by atoms with van der Waals surface area (Å²) in [5.41, 5.74) is 1.88. The van der Waals surface area contributed by atoms with Crippen LogP contribution >= 0.6 is 11.8 Å². The van der Waals surface area contributed by atoms with Gasteiger partial charge < -0.3 is 9.72 Å². The molecule has 120 valence electrons. The number of fused-ring (bicyclic) bond motifs is 1. The Balaban J connectivity index is 1.60. The maximum absolute atomic E-state index is 12.2. The van der Waals surface area contributed by atoms with E-state index < -0.39 is 10.8 Å². The second kappa shape index (κ2) is 7.66. The van der Waals surface area contributed by atoms with E-state index >= 15 is 0 Å². The van der Waals surface area contributed by atoms with Crippen molar-refractivity contribution in [3.8, 4) is 5.75 Å². The Morgan fingerprint density at radius 1 is 1.22 bits per heavy atom. The highest BCUT2D eigenvalue weighted by Crippen LogP contribution is 2.23. The van der Waals surface area contributed by atoms with Gasteiger partial charge in [0.05, 0.1) is 28.4 Å². The predicted molar refractivity (Wildman–Crippen MR) is 95.7 cm³/mol. The lowest BCUT2D eigenvalue weighted by molar-refractivity contribution is 0.340. The minimum atomic E-state index is -0.964. The largest absolute Gasteiger partial charge is 0.494 e. The lowest BCUT2D eigenvalue weighted by Crippen LogP contribution is -2.00. The molecule has 1 aromatic heterocycles. The molecule has 0 aliphatic heterocycles. The van der Waals surface area contributed by atoms with Crippen LogP contribution in [0, 0.1) is 0 Å². The Morgan fingerprint density at radius 3 is 2.83 bits per heavy atom. The molecular formula is C17H18N2O2S2. The fraction of sp³-hybridized carbons (Fsp3) is 0.235. The number of nitrogens with zero attached hydrogens (tertiary/aromatic N) is 1. The molecular weight excluding hydrogens is 328 g/mol. The average molecular weight is 346 g/mol. The first-order valence-corrected chi connectivity index (χ1v) is 9.75. The Labute approximate surface area is 142 Å². The van der Waals surface area contributed by atoms with E-state index in [1.165, 1.54) is 0 Å². The van der Waals surface area contributed by atoms with Gasteiger partial charge in [0.15, 0.2) is 5.16 Å². The third kappa shape index (κ3) is 4.14. The highest BCUT2D eigenvalue weighted by Gasteiger charge is 2.07. The molecule has 0 saturated heterocycles. The number of H-pyrrole nitrogens is 1. The van der Waals surface area contributed by atoms with Gasteiger partial charge in [-0.25, -0.2) is 4.98 Å². The number of imidazole rings is 1. The van der Waals surface area contributed by atoms with Crippen molar-refractivity contribution in [3.63, 3.8) is 0 Å². The number of aromatic nitrogens is 2. The molecule has 0 amide bonds. The molecule has 2 aromatic carbocycles. The van der Waals surface area contributed by atoms with E-state index in [1.807, 2.05) is 55.5 Å². The first kappa shape index (κ1) is 16.1. The second-order valence-corrected chi connectivity index (χ2v) is 7.52. The zero-order chi connectivity index (χ0) is 16.1. The maximum Gasteiger partial charge on any atom is 0.166 e. The first-order chi connectivity index (χ1) is 11.3. The quantitative estimate of drug-likeness (QED) is 0.660. The van der Waals surface area contributed by atoms with Crippen LogP contribution in [0.3, 0.4) is 0 Å². The monoisotopic (exact) mass is 346 g/mol. The summed E-state index contributed by atoms with van der Waals surface area (Å²) in [4.78, 5) is 8.69. The van der Waals surface area contributed by atoms with E-state index in [1.54, 1.807) is 11.8 Å². The molecule has 1 N–H and O–H groups in total. The second-order valence-electron chi connectivity index (χ2n) is 4.87. The van der Waals surface area contributed by atoms with Gasteiger partial charge >= 0.3 is 0 Å². The van der Waals surface area contributed by atoms with Crippen molar-refractivity contribution in [2.45, 2.75) is 17.0 Å². The van der Waals surface area contributed by atoms with E-state index in [0.29, 0.717) is 12.4 Å². The van der Waals surface area contributed by atoms with Gasteiger partial charge in [-0.1, -0.05) is 30.0 Å². The lowest BCUT2D eigenvalue weighted by Gasteiger charge is -2.01. The van der Waals surface area contributed by atoms with Crippen LogP contribution in [0.15, 0.2) is 58.6 Å². The smallest absolute Gasteiger partial charge is 0.166 e. The van der Waals surface area contributed by atoms with Gasteiger partial charge in [-0.3, -0.25) is 4.21 Å². The van der Waals surface area contributed by atoms with Crippen molar-refractivity contribution in [3.05, 3.63) is 48.5 Å². The van der Waals surface area contributed by atoms with Crippen LogP contribution in [0.2, 0.25) is 0 Å². The lowest BCUT2D eigenvalue weighted by atomic mass is 10.3. The Hall–Kier alpha value is -1.79. The average Bonchev–Trinajstić information content (AvgIpc) is 2.98. The zero-order valence-electron chi connectivity index (χ0n) is 12.8. The molecule has 0 saturated carbocycles. The molecule has 0 fully saturated rings. The Kier molecular flexibility index (Phi) is 5.35. The van der Waals surface area contributed by atoms with E-state index in [-0.39, 0.29) is 0 Å². The third-order valence-corrected chi connectivity index (χ3v) is 5.76. The van der Waals surface area contributed by atoms with Crippen molar-refractivity contribution < 1.29 is 8.95 Å². The molecule has 23 heavy (non-hydrogen) atoms. The van der Waals surface area contributed by atoms with Crippen LogP contribution in [-0.2, 0) is 10.8 Å². The summed E-state index contributed by atoms with van der Waals surface area (Å²) in [6.45, 7) is 2.61. The maximum atomic E-state index is 12.2. The standard InChI is InChI=1S/C17H18N2O2S2/c1-2-21-13-8-9-15-16(12-13)19-17(18-15)22-10-11-23(20)14-6-4-3-5-7-14/h3-9,12H,2,10-11H2,1H3,(H,18,19). The van der Waals surface area contributed by atoms with Gasteiger partial charge in [0, 0.05) is 22.5 Å². The summed E-state index contributed by atoms with van der Waals surface area (Å²) < 4.78 is 17.7. The van der Waals surface area contributed by atoms with Crippen molar-refractivity contribution in [2.24, 2.45) is 0 Å². The summed E-state index contributed by atoms with van der Waals surface area (Å²) in [6, 6.07) is 15.4. The number of hydrogen-bond acceptors (Lipinski definition) is 4. The molecule has 0 radical (unpaired) electrons. The normalized spacial score (nSPS) is 12.4. The molecule has 6 heteroatoms. The summed E-state index contributed by atoms with van der Waals surface area (Å²) in [6.07, 6.45) is 0. The number of rotatable bonds is 7. The van der Waals surface area contributed by atoms with Gasteiger partial charge in [0.2, 0.25) is 0 Å². The number of thioether (sulfide) groups is 1. The Morgan fingerprint density at radius 2 is 2.04 bits per heavy atom. The van der Waals surface area contributed by atoms with Crippen LogP contribution in [0.25, 0.3) is 11.0 Å². The van der Waals surface area contributed by atoms with Gasteiger partial charge in [-0.2, -0.15) is 0 Å². The molecule has 1 heterocycles. The zero-order valence-corrected chi connectivity index (χ0v) is 14.5. The van der Waals surface area contributed by atoms with Crippen LogP contribution in [0.5, 0.6) is 5.75 Å². The summed E-state index contributed by atoms with van der Waals surface area (Å²) in [5.74, 6) is 2.20. The van der Waals surface area contributed by atoms with Crippen LogP contribution in [-0.4, -0.2) is 32.3 Å². The molecule has 1 atom stereocenters. The van der Waals surface area contributed by atoms with Crippen LogP contribution in [0.4, 0.5) is 0 Å². The van der Waals surface area contributed by atoms with E-state index in [2.05, 4.69) is 9.97 Å². The molecule has 1 unspecified atom stereocenters. The molecule has 0 spiro atoms. The summed E-state index contributed by atoms with van der Waals surface area (Å²) >= 11 is 1.59. The van der Waals surface area contributed by atoms with Crippen molar-refractivity contribution in [2.75, 3.05) is 18.1 Å². The van der Waals surface area contributed by atoms with Gasteiger partial charge in [-0.15, -0.1) is 0 Å². The van der Waals surface area contributed by atoms with Crippen molar-refractivity contribution >= 4 is 33.6 Å². The first-order valence-electron chi connectivity index (χ1n) is 7.45. The fourth-order valence-electron chi connectivity index (χ4n) is 2.19. The van der Waals surface area contributed by atoms with Crippen LogP contribution in [0.1, 0.15) is 6.92 Å². The fourth-order valence-corrected chi connectivity index (χ4v) is 4.37. The number of benzene rings is 2. The summed E-state index contributed by atoms with van der Waals surface area (Å²) in [7, 11) is -0.964. The van der Waals surface area contributed by atoms with Crippen molar-refractivity contribution in [1.29, 1.82) is 0 Å². The van der Waals surface area contributed by atoms with E-state index in [0.717, 1.165) is 32.6 Å². The van der Waals surface area contributed by atoms with Crippen molar-refractivity contribution in [1.82, 2.24) is 9.97 Å². The molecule has 0 aliphatic carbocycles. The predicted octanol–water partition coefficient (Wildman–Crippen LogP) is 3.86. The van der Waals surface area contributed by atoms with E-state index in [9.17, 15) is 4.21 Å². The summed E-state index contributed by atoms with van der Waals surface area (Å²) in [5, 5.41) is 0.846. The number of hydrogen-bond donors (Lipinski definition) is 1. The van der Waals surface area contributed by atoms with Crippen LogP contribution < -0.4 is 4.74 Å². The van der Waals surface area contributed by atoms with Gasteiger partial charge in [0.25, 0.3) is 0 Å². The van der Waals surface area contributed by atoms with Gasteiger partial charge in [-0.05, 0) is 31.2 Å². The highest BCUT2D eigenvalue weighted by atomic mass is 32.2. The Bertz CT molecular complexity index is 803. The number of ether oxygens (including phenoxy) is 1. The molecule has 0 bridgehead atoms. The minimum absolute atomic E-state index is 0.607. The SMILES string of the molecule is CCOc1ccc2nc(SCCS(=O)c3ccccc3)[nH]c2c1. The number of nitrogens with one attached hydrogen (secondary N) is 1. The molecule has 4 nitrogen and oxygen atoms in total. The molecule has 3 rings (SSSR count). The minimum Gasteiger partial charge on any atom is -0.494 e. The van der Waals surface area contributed by atoms with Gasteiger partial charge in [0.1, 0.15) is 5.75 Å². The topological polar surface area (TPSA) is 55.0 Å². The van der Waals surface area contributed by atoms with E-state index in [4.69, 9.17) is 4.74 Å². The molecule has 3 aromatic rings. The molecule has 0 aliphatic rings. The highest BCUT2D eigenvalue weighted by molar-refractivity contribution is 8.00.